The lowest BCUT2D eigenvalue weighted by atomic mass is 10.1. The minimum absolute atomic E-state index is 0.0796. The van der Waals surface area contributed by atoms with Gasteiger partial charge in [0.2, 0.25) is 0 Å². The second-order valence-corrected chi connectivity index (χ2v) is 12.2. The number of amides is 2. The predicted molar refractivity (Wildman–Crippen MR) is 158 cm³/mol. The van der Waals surface area contributed by atoms with Crippen molar-refractivity contribution in [3.8, 4) is 11.5 Å². The molecule has 2 aromatic rings. The van der Waals surface area contributed by atoms with Gasteiger partial charge >= 0.3 is 12.2 Å². The number of carbonyl (C=O) groups excluding carboxylic acids is 4. The number of Topliss-reactive ketones (excluding diaryl/α,β-unsaturated/α-hetero) is 2. The van der Waals surface area contributed by atoms with Gasteiger partial charge in [-0.1, -0.05) is 24.3 Å². The van der Waals surface area contributed by atoms with E-state index in [0.717, 1.165) is 11.1 Å². The molecular weight excluding hydrogens is 524 g/mol. The van der Waals surface area contributed by atoms with Gasteiger partial charge in [0, 0.05) is 52.2 Å². The standard InChI is InChI=1S/C31H46N4O6/c1-32(2)30(38)40-28-18-11-9-14-24(28)20-34(5,6)22-26(36)16-13-17-27(37)23-35(7,8)21-25-15-10-12-19-29(25)41-31(39)33(3)4/h9-12,14-15,18-19H,13,16-17,20-23H2,1-8H3/q+2. The first-order chi connectivity index (χ1) is 19.1. The van der Waals surface area contributed by atoms with Gasteiger partial charge in [0.25, 0.3) is 0 Å². The maximum absolute atomic E-state index is 12.8. The third-order valence-corrected chi connectivity index (χ3v) is 6.39. The number of para-hydroxylation sites is 2. The van der Waals surface area contributed by atoms with Gasteiger partial charge in [0.05, 0.1) is 28.2 Å². The Morgan fingerprint density at radius 1 is 0.610 bits per heavy atom. The normalized spacial score (nSPS) is 11.5. The van der Waals surface area contributed by atoms with Crippen LogP contribution in [-0.2, 0) is 22.7 Å². The van der Waals surface area contributed by atoms with Crippen LogP contribution in [-0.4, -0.2) is 112 Å². The molecule has 0 aliphatic carbocycles. The molecule has 2 rings (SSSR count). The summed E-state index contributed by atoms with van der Waals surface area (Å²) in [6, 6.07) is 14.7. The fraction of sp³-hybridized carbons (Fsp3) is 0.484. The Kier molecular flexibility index (Phi) is 12.0. The molecule has 0 bridgehead atoms. The van der Waals surface area contributed by atoms with Crippen LogP contribution >= 0.6 is 0 Å². The Hall–Kier alpha value is -3.76. The molecule has 0 atom stereocenters. The monoisotopic (exact) mass is 570 g/mol. The minimum atomic E-state index is -0.456. The number of likely N-dealkylation sites (N-methyl/N-ethyl adjacent to an activating group) is 2. The molecule has 0 spiro atoms. The van der Waals surface area contributed by atoms with Crippen molar-refractivity contribution in [1.29, 1.82) is 0 Å². The van der Waals surface area contributed by atoms with E-state index in [1.54, 1.807) is 40.3 Å². The van der Waals surface area contributed by atoms with E-state index in [-0.39, 0.29) is 11.6 Å². The van der Waals surface area contributed by atoms with Crippen LogP contribution in [0.5, 0.6) is 11.5 Å². The fourth-order valence-electron chi connectivity index (χ4n) is 4.47. The van der Waals surface area contributed by atoms with Gasteiger partial charge in [-0.25, -0.2) is 9.59 Å². The van der Waals surface area contributed by atoms with Crippen LogP contribution in [0.4, 0.5) is 9.59 Å². The molecule has 0 saturated carbocycles. The smallest absolute Gasteiger partial charge is 0.410 e. The van der Waals surface area contributed by atoms with E-state index in [1.165, 1.54) is 9.80 Å². The molecule has 0 radical (unpaired) electrons. The van der Waals surface area contributed by atoms with Gasteiger partial charge in [-0.05, 0) is 30.7 Å². The number of hydrogen-bond acceptors (Lipinski definition) is 6. The van der Waals surface area contributed by atoms with E-state index in [1.807, 2.05) is 64.6 Å². The van der Waals surface area contributed by atoms with E-state index in [0.29, 0.717) is 65.9 Å². The highest BCUT2D eigenvalue weighted by molar-refractivity contribution is 5.82. The Bertz CT molecular complexity index is 1130. The topological polar surface area (TPSA) is 93.2 Å². The third-order valence-electron chi connectivity index (χ3n) is 6.39. The first kappa shape index (κ1) is 33.4. The second kappa shape index (κ2) is 14.7. The van der Waals surface area contributed by atoms with E-state index in [2.05, 4.69) is 0 Å². The molecule has 2 amide bonds. The molecule has 0 unspecified atom stereocenters. The molecule has 41 heavy (non-hydrogen) atoms. The molecule has 10 nitrogen and oxygen atoms in total. The largest absolute Gasteiger partial charge is 0.414 e. The van der Waals surface area contributed by atoms with Crippen molar-refractivity contribution in [2.45, 2.75) is 32.4 Å². The number of hydrogen-bond donors (Lipinski definition) is 0. The molecular formula is C31H46N4O6+2. The van der Waals surface area contributed by atoms with Gasteiger partial charge in [-0.2, -0.15) is 0 Å². The van der Waals surface area contributed by atoms with Gasteiger partial charge in [0.1, 0.15) is 37.7 Å². The SMILES string of the molecule is CN(C)C(=O)Oc1ccccc1C[N+](C)(C)CC(=O)CCCC(=O)C[N+](C)(C)Cc1ccccc1OC(=O)N(C)C. The van der Waals surface area contributed by atoms with Crippen LogP contribution in [0.15, 0.2) is 48.5 Å². The first-order valence-corrected chi connectivity index (χ1v) is 13.7. The molecule has 0 saturated heterocycles. The number of nitrogens with zero attached hydrogens (tertiary/aromatic N) is 4. The van der Waals surface area contributed by atoms with Gasteiger partial charge in [-0.15, -0.1) is 0 Å². The molecule has 0 aromatic heterocycles. The van der Waals surface area contributed by atoms with Crippen molar-refractivity contribution >= 4 is 23.8 Å². The van der Waals surface area contributed by atoms with Crippen LogP contribution in [0.1, 0.15) is 30.4 Å². The van der Waals surface area contributed by atoms with Gasteiger partial charge in [0.15, 0.2) is 11.6 Å². The number of quaternary nitrogens is 2. The maximum atomic E-state index is 12.8. The first-order valence-electron chi connectivity index (χ1n) is 13.7. The highest BCUT2D eigenvalue weighted by Crippen LogP contribution is 2.24. The molecule has 0 fully saturated rings. The average Bonchev–Trinajstić information content (AvgIpc) is 2.85. The molecule has 10 heteroatoms. The lowest BCUT2D eigenvalue weighted by Gasteiger charge is -2.30. The summed E-state index contributed by atoms with van der Waals surface area (Å²) < 4.78 is 11.8. The maximum Gasteiger partial charge on any atom is 0.414 e. The zero-order valence-corrected chi connectivity index (χ0v) is 25.8. The van der Waals surface area contributed by atoms with Gasteiger partial charge in [-0.3, -0.25) is 9.59 Å². The highest BCUT2D eigenvalue weighted by atomic mass is 16.6. The van der Waals surface area contributed by atoms with E-state index < -0.39 is 12.2 Å². The third kappa shape index (κ3) is 11.7. The lowest BCUT2D eigenvalue weighted by Crippen LogP contribution is -2.43. The summed E-state index contributed by atoms with van der Waals surface area (Å²) in [5.41, 5.74) is 1.68. The summed E-state index contributed by atoms with van der Waals surface area (Å²) in [7, 11) is 14.3. The van der Waals surface area contributed by atoms with Crippen LogP contribution in [0.2, 0.25) is 0 Å². The molecule has 0 aliphatic rings. The Morgan fingerprint density at radius 2 is 0.951 bits per heavy atom. The van der Waals surface area contributed by atoms with Crippen molar-refractivity contribution in [3.05, 3.63) is 59.7 Å². The van der Waals surface area contributed by atoms with Crippen LogP contribution in [0, 0.1) is 0 Å². The molecule has 0 N–H and O–H groups in total. The van der Waals surface area contributed by atoms with Crippen molar-refractivity contribution in [2.75, 3.05) is 69.5 Å². The van der Waals surface area contributed by atoms with Crippen LogP contribution in [0.25, 0.3) is 0 Å². The summed E-state index contributed by atoms with van der Waals surface area (Å²) in [5, 5.41) is 0. The highest BCUT2D eigenvalue weighted by Gasteiger charge is 2.25. The quantitative estimate of drug-likeness (QED) is 0.319. The number of carbonyl (C=O) groups is 4. The summed E-state index contributed by atoms with van der Waals surface area (Å²) in [4.78, 5) is 52.4. The van der Waals surface area contributed by atoms with Crippen molar-refractivity contribution in [1.82, 2.24) is 9.80 Å². The minimum Gasteiger partial charge on any atom is -0.410 e. The number of ketones is 2. The zero-order valence-electron chi connectivity index (χ0n) is 25.8. The van der Waals surface area contributed by atoms with Crippen molar-refractivity contribution < 1.29 is 37.6 Å². The summed E-state index contributed by atoms with van der Waals surface area (Å²) in [6.07, 6.45) is 0.221. The molecule has 2 aromatic carbocycles. The second-order valence-electron chi connectivity index (χ2n) is 12.2. The molecule has 224 valence electrons. The number of rotatable bonds is 14. The van der Waals surface area contributed by atoms with E-state index >= 15 is 0 Å². The van der Waals surface area contributed by atoms with Crippen LogP contribution < -0.4 is 9.47 Å². The molecule has 0 aliphatic heterocycles. The average molecular weight is 571 g/mol. The van der Waals surface area contributed by atoms with Gasteiger partial charge < -0.3 is 28.2 Å². The fourth-order valence-corrected chi connectivity index (χ4v) is 4.47. The van der Waals surface area contributed by atoms with Crippen molar-refractivity contribution in [3.63, 3.8) is 0 Å². The summed E-state index contributed by atoms with van der Waals surface area (Å²) in [6.45, 7) is 1.62. The summed E-state index contributed by atoms with van der Waals surface area (Å²) in [5.74, 6) is 1.12. The van der Waals surface area contributed by atoms with E-state index in [9.17, 15) is 19.2 Å². The zero-order chi connectivity index (χ0) is 30.8. The Morgan fingerprint density at radius 3 is 1.29 bits per heavy atom. The van der Waals surface area contributed by atoms with Crippen molar-refractivity contribution in [2.24, 2.45) is 0 Å². The Labute approximate surface area is 244 Å². The predicted octanol–water partition coefficient (Wildman–Crippen LogP) is 3.97. The lowest BCUT2D eigenvalue weighted by molar-refractivity contribution is -0.895. The summed E-state index contributed by atoms with van der Waals surface area (Å²) >= 11 is 0. The number of ether oxygens (including phenoxy) is 2. The molecule has 0 heterocycles. The Balaban J connectivity index is 1.86. The number of benzene rings is 2. The van der Waals surface area contributed by atoms with E-state index in [4.69, 9.17) is 9.47 Å². The van der Waals surface area contributed by atoms with Crippen LogP contribution in [0.3, 0.4) is 0 Å².